The molecule has 0 unspecified atom stereocenters. The van der Waals surface area contributed by atoms with Crippen molar-refractivity contribution in [1.29, 1.82) is 0 Å². The zero-order valence-electron chi connectivity index (χ0n) is 18.3. The maximum absolute atomic E-state index is 12.4. The van der Waals surface area contributed by atoms with E-state index in [2.05, 4.69) is 32.4 Å². The number of hydrogen-bond acceptors (Lipinski definition) is 7. The third-order valence-electron chi connectivity index (χ3n) is 4.76. The Balaban J connectivity index is 1.61. The molecule has 2 heterocycles. The van der Waals surface area contributed by atoms with Crippen LogP contribution in [0.25, 0.3) is 11.4 Å². The van der Waals surface area contributed by atoms with Crippen molar-refractivity contribution in [2.45, 2.75) is 39.2 Å². The predicted octanol–water partition coefficient (Wildman–Crippen LogP) is 2.66. The number of aromatic amines is 1. The molecule has 3 rings (SSSR count). The van der Waals surface area contributed by atoms with Crippen LogP contribution >= 0.6 is 0 Å². The average molecular weight is 438 g/mol. The molecule has 2 N–H and O–H groups in total. The number of amides is 1. The van der Waals surface area contributed by atoms with E-state index in [1.54, 1.807) is 43.8 Å². The number of aromatic nitrogens is 4. The molecule has 0 aliphatic heterocycles. The number of rotatable bonds is 11. The van der Waals surface area contributed by atoms with E-state index < -0.39 is 0 Å². The monoisotopic (exact) mass is 437 g/mol. The normalized spacial score (nSPS) is 10.6. The van der Waals surface area contributed by atoms with Crippen LogP contribution in [0.4, 0.5) is 0 Å². The highest BCUT2D eigenvalue weighted by Gasteiger charge is 2.12. The van der Waals surface area contributed by atoms with Crippen LogP contribution in [0, 0.1) is 0 Å². The minimum absolute atomic E-state index is 0.134. The second kappa shape index (κ2) is 11.6. The summed E-state index contributed by atoms with van der Waals surface area (Å²) in [6.45, 7) is 3.08. The summed E-state index contributed by atoms with van der Waals surface area (Å²) in [5, 5.41) is 10.9. The van der Waals surface area contributed by atoms with Crippen LogP contribution < -0.4 is 20.3 Å². The van der Waals surface area contributed by atoms with Gasteiger partial charge in [-0.25, -0.2) is 0 Å². The Bertz CT molecular complexity index is 1090. The van der Waals surface area contributed by atoms with Crippen molar-refractivity contribution in [1.82, 2.24) is 25.5 Å². The van der Waals surface area contributed by atoms with Gasteiger partial charge in [-0.1, -0.05) is 19.4 Å². The molecule has 1 aromatic carbocycles. The number of carbonyl (C=O) groups excluding carboxylic acids is 1. The zero-order chi connectivity index (χ0) is 22.8. The number of H-pyrrole nitrogens is 1. The fourth-order valence-corrected chi connectivity index (χ4v) is 2.94. The van der Waals surface area contributed by atoms with Crippen molar-refractivity contribution in [2.24, 2.45) is 0 Å². The molecule has 1 amide bonds. The molecule has 0 radical (unpaired) electrons. The highest BCUT2D eigenvalue weighted by Crippen LogP contribution is 2.31. The van der Waals surface area contributed by atoms with Crippen LogP contribution in [-0.2, 0) is 17.8 Å². The Morgan fingerprint density at radius 1 is 1.19 bits per heavy atom. The Kier molecular flexibility index (Phi) is 8.30. The number of carbonyl (C=O) groups is 1. The maximum atomic E-state index is 12.4. The number of benzene rings is 1. The van der Waals surface area contributed by atoms with Gasteiger partial charge in [-0.05, 0) is 36.2 Å². The lowest BCUT2D eigenvalue weighted by Gasteiger charge is -2.11. The molecular weight excluding hydrogens is 410 g/mol. The van der Waals surface area contributed by atoms with Gasteiger partial charge < -0.3 is 19.8 Å². The number of unbranched alkanes of at least 4 members (excludes halogenated alkanes) is 1. The molecular formula is C23H27N5O4. The van der Waals surface area contributed by atoms with Gasteiger partial charge in [-0.3, -0.25) is 14.6 Å². The molecule has 0 saturated carbocycles. The minimum Gasteiger partial charge on any atom is -0.493 e. The summed E-state index contributed by atoms with van der Waals surface area (Å²) in [6.07, 6.45) is 5.67. The van der Waals surface area contributed by atoms with Gasteiger partial charge in [0.15, 0.2) is 17.3 Å². The summed E-state index contributed by atoms with van der Waals surface area (Å²) < 4.78 is 11.1. The van der Waals surface area contributed by atoms with Gasteiger partial charge in [0.2, 0.25) is 5.91 Å². The van der Waals surface area contributed by atoms with Crippen LogP contribution in [-0.4, -0.2) is 39.8 Å². The standard InChI is InChI=1S/C23H27N5O4/c1-3-4-12-32-19-9-7-17(13-20(19)31-2)22-26-23(30)18(27-28-22)8-10-21(29)25-15-16-6-5-11-24-14-16/h5-7,9,11,13-14H,3-4,8,10,12,15H2,1-2H3,(H,25,29)(H,26,28,30). The Morgan fingerprint density at radius 2 is 2.06 bits per heavy atom. The molecule has 0 fully saturated rings. The predicted molar refractivity (Wildman–Crippen MR) is 119 cm³/mol. The molecule has 2 aromatic heterocycles. The summed E-state index contributed by atoms with van der Waals surface area (Å²) in [5.41, 5.74) is 1.38. The fraction of sp³-hybridized carbons (Fsp3) is 0.348. The first-order valence-electron chi connectivity index (χ1n) is 10.5. The zero-order valence-corrected chi connectivity index (χ0v) is 18.3. The molecule has 9 heteroatoms. The molecule has 9 nitrogen and oxygen atoms in total. The smallest absolute Gasteiger partial charge is 0.273 e. The van der Waals surface area contributed by atoms with Gasteiger partial charge in [-0.2, -0.15) is 0 Å². The van der Waals surface area contributed by atoms with Gasteiger partial charge in [0.25, 0.3) is 5.56 Å². The summed E-state index contributed by atoms with van der Waals surface area (Å²) in [5.74, 6) is 1.32. The van der Waals surface area contributed by atoms with Crippen molar-refractivity contribution in [3.8, 4) is 22.9 Å². The van der Waals surface area contributed by atoms with E-state index in [4.69, 9.17) is 9.47 Å². The Hall–Kier alpha value is -3.75. The van der Waals surface area contributed by atoms with Crippen molar-refractivity contribution < 1.29 is 14.3 Å². The molecule has 32 heavy (non-hydrogen) atoms. The lowest BCUT2D eigenvalue weighted by Crippen LogP contribution is -2.25. The topological polar surface area (TPSA) is 119 Å². The quantitative estimate of drug-likeness (QED) is 0.443. The van der Waals surface area contributed by atoms with Crippen LogP contribution in [0.2, 0.25) is 0 Å². The largest absolute Gasteiger partial charge is 0.493 e. The van der Waals surface area contributed by atoms with Crippen LogP contribution in [0.3, 0.4) is 0 Å². The second-order valence-corrected chi connectivity index (χ2v) is 7.16. The van der Waals surface area contributed by atoms with E-state index in [0.717, 1.165) is 18.4 Å². The lowest BCUT2D eigenvalue weighted by atomic mass is 10.2. The number of methoxy groups -OCH3 is 1. The molecule has 168 valence electrons. The molecule has 0 spiro atoms. The lowest BCUT2D eigenvalue weighted by molar-refractivity contribution is -0.121. The van der Waals surface area contributed by atoms with E-state index in [0.29, 0.717) is 36.0 Å². The minimum atomic E-state index is -0.378. The third kappa shape index (κ3) is 6.37. The Labute approximate surface area is 186 Å². The van der Waals surface area contributed by atoms with E-state index in [1.807, 2.05) is 6.07 Å². The summed E-state index contributed by atoms with van der Waals surface area (Å²) >= 11 is 0. The van der Waals surface area contributed by atoms with Gasteiger partial charge >= 0.3 is 0 Å². The van der Waals surface area contributed by atoms with Gasteiger partial charge in [0, 0.05) is 37.3 Å². The molecule has 0 aliphatic carbocycles. The number of aryl methyl sites for hydroxylation is 1. The average Bonchev–Trinajstić information content (AvgIpc) is 2.83. The molecule has 3 aromatic rings. The van der Waals surface area contributed by atoms with Crippen LogP contribution in [0.5, 0.6) is 11.5 Å². The highest BCUT2D eigenvalue weighted by atomic mass is 16.5. The Morgan fingerprint density at radius 3 is 2.78 bits per heavy atom. The molecule has 0 atom stereocenters. The maximum Gasteiger partial charge on any atom is 0.273 e. The fourth-order valence-electron chi connectivity index (χ4n) is 2.94. The first-order valence-corrected chi connectivity index (χ1v) is 10.5. The second-order valence-electron chi connectivity index (χ2n) is 7.16. The summed E-state index contributed by atoms with van der Waals surface area (Å²) in [4.78, 5) is 31.3. The summed E-state index contributed by atoms with van der Waals surface area (Å²) in [6, 6.07) is 8.99. The number of ether oxygens (including phenoxy) is 2. The number of nitrogens with zero attached hydrogens (tertiary/aromatic N) is 3. The van der Waals surface area contributed by atoms with Crippen molar-refractivity contribution in [3.05, 3.63) is 64.3 Å². The first-order chi connectivity index (χ1) is 15.6. The molecule has 0 aliphatic rings. The van der Waals surface area contributed by atoms with Crippen molar-refractivity contribution in [2.75, 3.05) is 13.7 Å². The van der Waals surface area contributed by atoms with Gasteiger partial charge in [-0.15, -0.1) is 10.2 Å². The van der Waals surface area contributed by atoms with E-state index in [-0.39, 0.29) is 30.0 Å². The van der Waals surface area contributed by atoms with Crippen molar-refractivity contribution in [3.63, 3.8) is 0 Å². The number of pyridine rings is 1. The van der Waals surface area contributed by atoms with E-state index in [1.165, 1.54) is 0 Å². The first kappa shape index (κ1) is 22.9. The molecule has 0 bridgehead atoms. The molecule has 0 saturated heterocycles. The van der Waals surface area contributed by atoms with Crippen molar-refractivity contribution >= 4 is 5.91 Å². The highest BCUT2D eigenvalue weighted by molar-refractivity contribution is 5.76. The number of hydrogen-bond donors (Lipinski definition) is 2. The van der Waals surface area contributed by atoms with Gasteiger partial charge in [0.1, 0.15) is 5.69 Å². The number of nitrogens with one attached hydrogen (secondary N) is 2. The summed E-state index contributed by atoms with van der Waals surface area (Å²) in [7, 11) is 1.56. The van der Waals surface area contributed by atoms with Crippen LogP contribution in [0.1, 0.15) is 37.4 Å². The van der Waals surface area contributed by atoms with Crippen LogP contribution in [0.15, 0.2) is 47.5 Å². The third-order valence-corrected chi connectivity index (χ3v) is 4.76. The van der Waals surface area contributed by atoms with Gasteiger partial charge in [0.05, 0.1) is 13.7 Å². The van der Waals surface area contributed by atoms with E-state index in [9.17, 15) is 9.59 Å². The van der Waals surface area contributed by atoms with E-state index >= 15 is 0 Å². The SMILES string of the molecule is CCCCOc1ccc(-c2nnc(CCC(=O)NCc3cccnc3)c(=O)[nH]2)cc1OC.